The highest BCUT2D eigenvalue weighted by atomic mass is 16.5. The molecule has 0 unspecified atom stereocenters. The third kappa shape index (κ3) is 4.80. The van der Waals surface area contributed by atoms with Crippen molar-refractivity contribution in [2.24, 2.45) is 0 Å². The van der Waals surface area contributed by atoms with Gasteiger partial charge < -0.3 is 10.1 Å². The number of carbonyl (C=O) groups is 1. The van der Waals surface area contributed by atoms with E-state index in [1.807, 2.05) is 55.5 Å². The van der Waals surface area contributed by atoms with Crippen molar-refractivity contribution in [2.45, 2.75) is 13.5 Å². The van der Waals surface area contributed by atoms with Crippen LogP contribution >= 0.6 is 0 Å². The van der Waals surface area contributed by atoms with E-state index in [1.165, 1.54) is 11.6 Å². The van der Waals surface area contributed by atoms with Crippen molar-refractivity contribution < 1.29 is 9.53 Å². The van der Waals surface area contributed by atoms with Gasteiger partial charge in [0.1, 0.15) is 5.75 Å². The van der Waals surface area contributed by atoms with E-state index in [0.29, 0.717) is 6.54 Å². The van der Waals surface area contributed by atoms with Crippen LogP contribution in [0, 0.1) is 6.92 Å². The van der Waals surface area contributed by atoms with Gasteiger partial charge in [0.15, 0.2) is 0 Å². The molecule has 0 aromatic heterocycles. The van der Waals surface area contributed by atoms with Gasteiger partial charge in [0.2, 0.25) is 5.91 Å². The van der Waals surface area contributed by atoms with Gasteiger partial charge in [0.25, 0.3) is 0 Å². The summed E-state index contributed by atoms with van der Waals surface area (Å²) >= 11 is 0. The van der Waals surface area contributed by atoms with Gasteiger partial charge in [-0.05, 0) is 36.3 Å². The number of rotatable bonds is 5. The number of ether oxygens (including phenoxy) is 1. The Labute approximate surface area is 125 Å². The summed E-state index contributed by atoms with van der Waals surface area (Å²) in [6, 6.07) is 15.6. The molecular weight excluding hydrogens is 262 g/mol. The fourth-order valence-corrected chi connectivity index (χ4v) is 1.84. The number of aryl methyl sites for hydroxylation is 1. The normalized spacial score (nSPS) is 10.6. The molecular formula is C18H19NO2. The number of methoxy groups -OCH3 is 1. The molecule has 1 amide bonds. The predicted octanol–water partition coefficient (Wildman–Crippen LogP) is 3.33. The highest BCUT2D eigenvalue weighted by Gasteiger charge is 1.97. The number of hydrogen-bond donors (Lipinski definition) is 1. The number of hydrogen-bond acceptors (Lipinski definition) is 2. The first-order valence-electron chi connectivity index (χ1n) is 6.83. The summed E-state index contributed by atoms with van der Waals surface area (Å²) in [5.41, 5.74) is 3.26. The molecule has 0 radical (unpaired) electrons. The molecule has 0 saturated carbocycles. The lowest BCUT2D eigenvalue weighted by Gasteiger charge is -2.03. The molecule has 2 aromatic carbocycles. The van der Waals surface area contributed by atoms with Crippen molar-refractivity contribution >= 4 is 12.0 Å². The molecule has 0 fully saturated rings. The predicted molar refractivity (Wildman–Crippen MR) is 85.1 cm³/mol. The van der Waals surface area contributed by atoms with E-state index in [9.17, 15) is 4.79 Å². The van der Waals surface area contributed by atoms with E-state index in [1.54, 1.807) is 13.2 Å². The molecule has 2 rings (SSSR count). The van der Waals surface area contributed by atoms with Gasteiger partial charge in [-0.25, -0.2) is 0 Å². The third-order valence-corrected chi connectivity index (χ3v) is 3.13. The van der Waals surface area contributed by atoms with Crippen LogP contribution in [0.4, 0.5) is 0 Å². The molecule has 21 heavy (non-hydrogen) atoms. The van der Waals surface area contributed by atoms with Crippen LogP contribution in [0.3, 0.4) is 0 Å². The van der Waals surface area contributed by atoms with Crippen molar-refractivity contribution in [2.75, 3.05) is 7.11 Å². The van der Waals surface area contributed by atoms with Gasteiger partial charge in [0, 0.05) is 12.6 Å². The highest BCUT2D eigenvalue weighted by molar-refractivity contribution is 5.91. The second kappa shape index (κ2) is 7.29. The van der Waals surface area contributed by atoms with Gasteiger partial charge in [-0.15, -0.1) is 0 Å². The minimum Gasteiger partial charge on any atom is -0.497 e. The van der Waals surface area contributed by atoms with Gasteiger partial charge in [-0.2, -0.15) is 0 Å². The third-order valence-electron chi connectivity index (χ3n) is 3.13. The topological polar surface area (TPSA) is 38.3 Å². The Morgan fingerprint density at radius 3 is 2.38 bits per heavy atom. The van der Waals surface area contributed by atoms with E-state index in [4.69, 9.17) is 4.74 Å². The summed E-state index contributed by atoms with van der Waals surface area (Å²) in [6.45, 7) is 2.58. The first kappa shape index (κ1) is 14.9. The lowest BCUT2D eigenvalue weighted by molar-refractivity contribution is -0.116. The minimum atomic E-state index is -0.105. The summed E-state index contributed by atoms with van der Waals surface area (Å²) in [5, 5.41) is 2.86. The Morgan fingerprint density at radius 2 is 1.76 bits per heavy atom. The maximum Gasteiger partial charge on any atom is 0.244 e. The van der Waals surface area contributed by atoms with Crippen molar-refractivity contribution in [1.82, 2.24) is 5.32 Å². The molecule has 1 N–H and O–H groups in total. The van der Waals surface area contributed by atoms with E-state index in [2.05, 4.69) is 5.32 Å². The molecule has 0 heterocycles. The molecule has 2 aromatic rings. The van der Waals surface area contributed by atoms with Crippen LogP contribution in [0.2, 0.25) is 0 Å². The molecule has 0 saturated heterocycles. The zero-order chi connectivity index (χ0) is 15.1. The van der Waals surface area contributed by atoms with Gasteiger partial charge >= 0.3 is 0 Å². The second-order valence-electron chi connectivity index (χ2n) is 4.81. The van der Waals surface area contributed by atoms with E-state index < -0.39 is 0 Å². The number of nitrogens with one attached hydrogen (secondary N) is 1. The molecule has 0 aliphatic rings. The lowest BCUT2D eigenvalue weighted by atomic mass is 10.1. The van der Waals surface area contributed by atoms with Gasteiger partial charge in [-0.3, -0.25) is 4.79 Å². The first-order valence-corrected chi connectivity index (χ1v) is 6.83. The van der Waals surface area contributed by atoms with E-state index >= 15 is 0 Å². The van der Waals surface area contributed by atoms with Crippen LogP contribution in [0.15, 0.2) is 54.6 Å². The van der Waals surface area contributed by atoms with Crippen LogP contribution < -0.4 is 10.1 Å². The Morgan fingerprint density at radius 1 is 1.10 bits per heavy atom. The van der Waals surface area contributed by atoms with E-state index in [0.717, 1.165) is 16.9 Å². The Balaban J connectivity index is 1.85. The lowest BCUT2D eigenvalue weighted by Crippen LogP contribution is -2.20. The van der Waals surface area contributed by atoms with Crippen molar-refractivity contribution in [3.05, 3.63) is 71.3 Å². The van der Waals surface area contributed by atoms with Crippen LogP contribution in [0.1, 0.15) is 16.7 Å². The standard InChI is InChI=1S/C18H19NO2/c1-14-3-5-16(6-4-14)13-19-18(20)12-9-15-7-10-17(21-2)11-8-15/h3-12H,13H2,1-2H3,(H,19,20)/b12-9+. The van der Waals surface area contributed by atoms with Crippen LogP contribution in [0.25, 0.3) is 6.08 Å². The zero-order valence-corrected chi connectivity index (χ0v) is 12.3. The summed E-state index contributed by atoms with van der Waals surface area (Å²) in [4.78, 5) is 11.8. The molecule has 0 spiro atoms. The van der Waals surface area contributed by atoms with Crippen LogP contribution in [0.5, 0.6) is 5.75 Å². The van der Waals surface area contributed by atoms with Crippen molar-refractivity contribution in [3.8, 4) is 5.75 Å². The molecule has 0 bridgehead atoms. The van der Waals surface area contributed by atoms with Crippen LogP contribution in [-0.2, 0) is 11.3 Å². The Kier molecular flexibility index (Phi) is 5.16. The minimum absolute atomic E-state index is 0.105. The molecule has 0 atom stereocenters. The smallest absolute Gasteiger partial charge is 0.244 e. The Bertz CT molecular complexity index is 613. The quantitative estimate of drug-likeness (QED) is 0.854. The Hall–Kier alpha value is -2.55. The number of amides is 1. The van der Waals surface area contributed by atoms with Gasteiger partial charge in [0.05, 0.1) is 7.11 Å². The monoisotopic (exact) mass is 281 g/mol. The largest absolute Gasteiger partial charge is 0.497 e. The van der Waals surface area contributed by atoms with E-state index in [-0.39, 0.29) is 5.91 Å². The fraction of sp³-hybridized carbons (Fsp3) is 0.167. The van der Waals surface area contributed by atoms with Crippen molar-refractivity contribution in [1.29, 1.82) is 0 Å². The highest BCUT2D eigenvalue weighted by Crippen LogP contribution is 2.12. The molecule has 0 aliphatic heterocycles. The molecule has 3 nitrogen and oxygen atoms in total. The summed E-state index contributed by atoms with van der Waals surface area (Å²) < 4.78 is 5.09. The summed E-state index contributed by atoms with van der Waals surface area (Å²) in [5.74, 6) is 0.697. The molecule has 0 aliphatic carbocycles. The average Bonchev–Trinajstić information content (AvgIpc) is 2.53. The summed E-state index contributed by atoms with van der Waals surface area (Å²) in [7, 11) is 1.63. The van der Waals surface area contributed by atoms with Gasteiger partial charge in [-0.1, -0.05) is 42.0 Å². The molecule has 108 valence electrons. The SMILES string of the molecule is COc1ccc(/C=C/C(=O)NCc2ccc(C)cc2)cc1. The second-order valence-corrected chi connectivity index (χ2v) is 4.81. The number of benzene rings is 2. The first-order chi connectivity index (χ1) is 10.2. The number of carbonyl (C=O) groups excluding carboxylic acids is 1. The maximum absolute atomic E-state index is 11.8. The zero-order valence-electron chi connectivity index (χ0n) is 12.3. The summed E-state index contributed by atoms with van der Waals surface area (Å²) in [6.07, 6.45) is 3.32. The fourth-order valence-electron chi connectivity index (χ4n) is 1.84. The maximum atomic E-state index is 11.8. The van der Waals surface area contributed by atoms with Crippen LogP contribution in [-0.4, -0.2) is 13.0 Å². The average molecular weight is 281 g/mol. The van der Waals surface area contributed by atoms with Crippen molar-refractivity contribution in [3.63, 3.8) is 0 Å². The molecule has 3 heteroatoms.